The van der Waals surface area contributed by atoms with Gasteiger partial charge in [0, 0.05) is 5.41 Å². The summed E-state index contributed by atoms with van der Waals surface area (Å²) in [6.07, 6.45) is 7.17. The van der Waals surface area contributed by atoms with Crippen LogP contribution in [-0.4, -0.2) is 0 Å². The predicted octanol–water partition coefficient (Wildman–Crippen LogP) is 4.32. The molecule has 0 nitrogen and oxygen atoms in total. The number of rotatable bonds is 1. The summed E-state index contributed by atoms with van der Waals surface area (Å²) in [5, 5.41) is 0. The van der Waals surface area contributed by atoms with Gasteiger partial charge in [0.2, 0.25) is 0 Å². The van der Waals surface area contributed by atoms with Crippen molar-refractivity contribution in [3.8, 4) is 0 Å². The van der Waals surface area contributed by atoms with Gasteiger partial charge in [0.25, 0.3) is 0 Å². The van der Waals surface area contributed by atoms with Crippen molar-refractivity contribution >= 4 is 0 Å². The van der Waals surface area contributed by atoms with Gasteiger partial charge in [0.05, 0.1) is 0 Å². The number of hydrogen-bond acceptors (Lipinski definition) is 0. The van der Waals surface area contributed by atoms with Crippen molar-refractivity contribution in [3.63, 3.8) is 0 Å². The van der Waals surface area contributed by atoms with E-state index in [1.54, 1.807) is 0 Å². The summed E-state index contributed by atoms with van der Waals surface area (Å²) in [6, 6.07) is 10.8. The zero-order chi connectivity index (χ0) is 10.9. The molecule has 0 saturated heterocycles. The molecule has 0 aromatic heterocycles. The Bertz CT molecular complexity index is 359. The standard InChI is InChI=1S/C15H20/c1-14(2)10-7-11-15(3,12-14)13-8-5-4-6-9-13/h4-9,11H,10,12H2,1-3H3. The van der Waals surface area contributed by atoms with Gasteiger partial charge in [0.1, 0.15) is 0 Å². The highest BCUT2D eigenvalue weighted by atomic mass is 14.4. The van der Waals surface area contributed by atoms with E-state index in [0.29, 0.717) is 5.41 Å². The van der Waals surface area contributed by atoms with Gasteiger partial charge in [-0.2, -0.15) is 0 Å². The van der Waals surface area contributed by atoms with Crippen LogP contribution in [0.5, 0.6) is 0 Å². The molecule has 0 N–H and O–H groups in total. The molecule has 0 heterocycles. The lowest BCUT2D eigenvalue weighted by atomic mass is 9.65. The summed E-state index contributed by atoms with van der Waals surface area (Å²) in [5.41, 5.74) is 2.09. The molecule has 1 unspecified atom stereocenters. The van der Waals surface area contributed by atoms with Gasteiger partial charge >= 0.3 is 0 Å². The minimum absolute atomic E-state index is 0.225. The zero-order valence-electron chi connectivity index (χ0n) is 9.96. The van der Waals surface area contributed by atoms with Crippen LogP contribution < -0.4 is 0 Å². The van der Waals surface area contributed by atoms with Crippen molar-refractivity contribution in [1.29, 1.82) is 0 Å². The van der Waals surface area contributed by atoms with Crippen LogP contribution in [0.1, 0.15) is 39.2 Å². The average molecular weight is 200 g/mol. The molecule has 0 heteroatoms. The van der Waals surface area contributed by atoms with Gasteiger partial charge in [-0.05, 0) is 23.8 Å². The lowest BCUT2D eigenvalue weighted by Gasteiger charge is -2.39. The largest absolute Gasteiger partial charge is 0.0871 e. The van der Waals surface area contributed by atoms with E-state index in [9.17, 15) is 0 Å². The molecule has 1 aromatic rings. The van der Waals surface area contributed by atoms with E-state index in [0.717, 1.165) is 0 Å². The maximum atomic E-state index is 2.38. The molecular weight excluding hydrogens is 180 g/mol. The van der Waals surface area contributed by atoms with Gasteiger partial charge in [-0.15, -0.1) is 0 Å². The summed E-state index contributed by atoms with van der Waals surface area (Å²) >= 11 is 0. The topological polar surface area (TPSA) is 0 Å². The van der Waals surface area contributed by atoms with Crippen molar-refractivity contribution < 1.29 is 0 Å². The Kier molecular flexibility index (Phi) is 2.46. The fourth-order valence-corrected chi connectivity index (χ4v) is 2.78. The van der Waals surface area contributed by atoms with Crippen LogP contribution in [0.15, 0.2) is 42.5 Å². The fraction of sp³-hybridized carbons (Fsp3) is 0.467. The third-order valence-electron chi connectivity index (χ3n) is 3.44. The van der Waals surface area contributed by atoms with Crippen molar-refractivity contribution in [2.45, 2.75) is 39.0 Å². The van der Waals surface area contributed by atoms with E-state index < -0.39 is 0 Å². The fourth-order valence-electron chi connectivity index (χ4n) is 2.78. The molecule has 0 radical (unpaired) electrons. The molecule has 1 aromatic carbocycles. The molecule has 0 spiro atoms. The first kappa shape index (κ1) is 10.5. The summed E-state index contributed by atoms with van der Waals surface area (Å²) < 4.78 is 0. The molecule has 1 aliphatic carbocycles. The molecule has 80 valence electrons. The molecule has 2 rings (SSSR count). The SMILES string of the molecule is CC1(C)CC=CC(C)(c2ccccc2)C1. The van der Waals surface area contributed by atoms with Gasteiger partial charge in [-0.3, -0.25) is 0 Å². The molecule has 0 saturated carbocycles. The quantitative estimate of drug-likeness (QED) is 0.592. The van der Waals surface area contributed by atoms with Gasteiger partial charge in [-0.1, -0.05) is 63.3 Å². The van der Waals surface area contributed by atoms with Crippen molar-refractivity contribution in [3.05, 3.63) is 48.0 Å². The van der Waals surface area contributed by atoms with E-state index in [1.165, 1.54) is 18.4 Å². The highest BCUT2D eigenvalue weighted by Gasteiger charge is 2.34. The third kappa shape index (κ3) is 2.14. The second kappa shape index (κ2) is 3.52. The Labute approximate surface area is 93.0 Å². The molecule has 15 heavy (non-hydrogen) atoms. The summed E-state index contributed by atoms with van der Waals surface area (Å²) in [4.78, 5) is 0. The van der Waals surface area contributed by atoms with Crippen LogP contribution in [0, 0.1) is 5.41 Å². The maximum Gasteiger partial charge on any atom is 0.0109 e. The summed E-state index contributed by atoms with van der Waals surface area (Å²) in [6.45, 7) is 7.06. The number of hydrogen-bond donors (Lipinski definition) is 0. The molecule has 0 aliphatic heterocycles. The van der Waals surface area contributed by atoms with Crippen LogP contribution in [0.2, 0.25) is 0 Å². The lowest BCUT2D eigenvalue weighted by Crippen LogP contribution is -2.30. The first-order chi connectivity index (χ1) is 7.02. The minimum atomic E-state index is 0.225. The van der Waals surface area contributed by atoms with Crippen LogP contribution in [0.25, 0.3) is 0 Å². The van der Waals surface area contributed by atoms with E-state index in [-0.39, 0.29) is 5.41 Å². The van der Waals surface area contributed by atoms with Gasteiger partial charge < -0.3 is 0 Å². The number of allylic oxidation sites excluding steroid dienone is 2. The molecule has 1 aliphatic rings. The van der Waals surface area contributed by atoms with Gasteiger partial charge in [0.15, 0.2) is 0 Å². The zero-order valence-corrected chi connectivity index (χ0v) is 9.96. The summed E-state index contributed by atoms with van der Waals surface area (Å²) in [5.74, 6) is 0. The maximum absolute atomic E-state index is 2.38. The Morgan fingerprint density at radius 1 is 1.00 bits per heavy atom. The second-order valence-electron chi connectivity index (χ2n) is 5.73. The normalized spacial score (nSPS) is 29.0. The molecule has 0 bridgehead atoms. The first-order valence-corrected chi connectivity index (χ1v) is 5.75. The first-order valence-electron chi connectivity index (χ1n) is 5.75. The molecule has 0 fully saturated rings. The Morgan fingerprint density at radius 3 is 2.27 bits per heavy atom. The smallest absolute Gasteiger partial charge is 0.0109 e. The lowest BCUT2D eigenvalue weighted by molar-refractivity contribution is 0.262. The molecule has 1 atom stereocenters. The highest BCUT2D eigenvalue weighted by Crippen LogP contribution is 2.43. The van der Waals surface area contributed by atoms with E-state index >= 15 is 0 Å². The monoisotopic (exact) mass is 200 g/mol. The van der Waals surface area contributed by atoms with E-state index in [4.69, 9.17) is 0 Å². The van der Waals surface area contributed by atoms with Crippen molar-refractivity contribution in [1.82, 2.24) is 0 Å². The molecule has 0 amide bonds. The van der Waals surface area contributed by atoms with Gasteiger partial charge in [-0.25, -0.2) is 0 Å². The van der Waals surface area contributed by atoms with Crippen LogP contribution >= 0.6 is 0 Å². The molecular formula is C15H20. The highest BCUT2D eigenvalue weighted by molar-refractivity contribution is 5.31. The van der Waals surface area contributed by atoms with Crippen molar-refractivity contribution in [2.24, 2.45) is 5.41 Å². The van der Waals surface area contributed by atoms with E-state index in [1.807, 2.05) is 0 Å². The van der Waals surface area contributed by atoms with Crippen molar-refractivity contribution in [2.75, 3.05) is 0 Å². The Hall–Kier alpha value is -1.04. The predicted molar refractivity (Wildman–Crippen MR) is 65.9 cm³/mol. The summed E-state index contributed by atoms with van der Waals surface area (Å²) in [7, 11) is 0. The average Bonchev–Trinajstić information content (AvgIpc) is 2.17. The second-order valence-corrected chi connectivity index (χ2v) is 5.73. The minimum Gasteiger partial charge on any atom is -0.0871 e. The van der Waals surface area contributed by atoms with E-state index in [2.05, 4.69) is 63.3 Å². The number of benzene rings is 1. The Morgan fingerprint density at radius 2 is 1.67 bits per heavy atom. The van der Waals surface area contributed by atoms with Crippen LogP contribution in [-0.2, 0) is 5.41 Å². The van der Waals surface area contributed by atoms with Crippen LogP contribution in [0.4, 0.5) is 0 Å². The van der Waals surface area contributed by atoms with Crippen LogP contribution in [0.3, 0.4) is 0 Å². The Balaban J connectivity index is 2.36. The third-order valence-corrected chi connectivity index (χ3v) is 3.44.